The molecule has 0 bridgehead atoms. The molecule has 3 atom stereocenters. The molecule has 214 valence electrons. The van der Waals surface area contributed by atoms with Crippen molar-refractivity contribution in [1.29, 1.82) is 5.41 Å². The highest BCUT2D eigenvalue weighted by Crippen LogP contribution is 2.30. The number of nitrogens with two attached hydrogens (primary N) is 1. The van der Waals surface area contributed by atoms with Crippen LogP contribution in [0.5, 0.6) is 0 Å². The fourth-order valence-electron chi connectivity index (χ4n) is 4.97. The van der Waals surface area contributed by atoms with Gasteiger partial charge in [-0.2, -0.15) is 8.78 Å². The van der Waals surface area contributed by atoms with Crippen LogP contribution < -0.4 is 16.4 Å². The number of likely N-dealkylation sites (tertiary alicyclic amines) is 1. The number of carbonyl (C=O) groups is 2. The molecule has 0 aliphatic carbocycles. The maximum Gasteiger partial charge on any atom is 0.345 e. The lowest BCUT2D eigenvalue weighted by Gasteiger charge is -2.25. The molecule has 2 amide bonds. The number of amides is 2. The van der Waals surface area contributed by atoms with E-state index < -0.39 is 36.6 Å². The zero-order chi connectivity index (χ0) is 29.3. The van der Waals surface area contributed by atoms with Crippen molar-refractivity contribution in [3.63, 3.8) is 0 Å². The van der Waals surface area contributed by atoms with Gasteiger partial charge in [-0.25, -0.2) is 0 Å². The summed E-state index contributed by atoms with van der Waals surface area (Å²) in [6.45, 7) is 2.40. The van der Waals surface area contributed by atoms with Gasteiger partial charge in [-0.15, -0.1) is 11.3 Å². The number of thiophene rings is 1. The molecule has 12 heteroatoms. The Labute approximate surface area is 238 Å². The highest BCUT2D eigenvalue weighted by Gasteiger charge is 2.41. The minimum absolute atomic E-state index is 0.0680. The van der Waals surface area contributed by atoms with E-state index in [0.29, 0.717) is 22.4 Å². The maximum atomic E-state index is 13.2. The lowest BCUT2D eigenvalue weighted by atomic mass is 10.1. The predicted octanol–water partition coefficient (Wildman–Crippen LogP) is 4.58. The van der Waals surface area contributed by atoms with E-state index in [1.807, 2.05) is 42.5 Å². The van der Waals surface area contributed by atoms with Crippen molar-refractivity contribution < 1.29 is 27.5 Å². The summed E-state index contributed by atoms with van der Waals surface area (Å²) in [6.07, 6.45) is -1.06. The molecule has 2 aromatic heterocycles. The number of hydrogen-bond acceptors (Lipinski definition) is 7. The number of halogens is 2. The van der Waals surface area contributed by atoms with Gasteiger partial charge in [0, 0.05) is 50.8 Å². The molecular weight excluding hydrogens is 552 g/mol. The molecule has 9 nitrogen and oxygen atoms in total. The zero-order valence-corrected chi connectivity index (χ0v) is 23.0. The van der Waals surface area contributed by atoms with Gasteiger partial charge in [0.05, 0.1) is 18.7 Å². The molecule has 4 aromatic rings. The summed E-state index contributed by atoms with van der Waals surface area (Å²) in [4.78, 5) is 28.5. The first-order valence-corrected chi connectivity index (χ1v) is 13.8. The molecule has 5 rings (SSSR count). The number of para-hydroxylation sites is 1. The normalized spacial score (nSPS) is 17.7. The summed E-state index contributed by atoms with van der Waals surface area (Å²) in [5.74, 6) is -1.03. The molecule has 3 heterocycles. The van der Waals surface area contributed by atoms with E-state index in [4.69, 9.17) is 15.6 Å². The second-order valence-corrected chi connectivity index (χ2v) is 10.8. The van der Waals surface area contributed by atoms with Crippen LogP contribution in [0, 0.1) is 5.41 Å². The number of fused-ring (bicyclic) bond motifs is 3. The van der Waals surface area contributed by atoms with Gasteiger partial charge in [0.1, 0.15) is 23.0 Å². The first-order chi connectivity index (χ1) is 19.6. The SMILES string of the molecule is C=C(NCC(=O)N1C[C@H](OC(F)F)CC1C(=O)N[C@H](C)c1cc(C(=N)N)cs1)c1ccc2c(c1)oc1ccccc12. The van der Waals surface area contributed by atoms with Gasteiger partial charge in [-0.3, -0.25) is 15.0 Å². The molecule has 41 heavy (non-hydrogen) atoms. The minimum atomic E-state index is -3.03. The minimum Gasteiger partial charge on any atom is -0.456 e. The number of benzene rings is 2. The number of hydrogen-bond donors (Lipinski definition) is 4. The van der Waals surface area contributed by atoms with E-state index in [0.717, 1.165) is 21.2 Å². The summed E-state index contributed by atoms with van der Waals surface area (Å²) < 4.78 is 36.5. The summed E-state index contributed by atoms with van der Waals surface area (Å²) in [5, 5.41) is 17.1. The predicted molar refractivity (Wildman–Crippen MR) is 154 cm³/mol. The van der Waals surface area contributed by atoms with Gasteiger partial charge in [-0.05, 0) is 31.2 Å². The molecule has 1 unspecified atom stereocenters. The van der Waals surface area contributed by atoms with Gasteiger partial charge in [0.2, 0.25) is 11.8 Å². The van der Waals surface area contributed by atoms with E-state index in [-0.39, 0.29) is 25.3 Å². The van der Waals surface area contributed by atoms with E-state index in [2.05, 4.69) is 21.9 Å². The first kappa shape index (κ1) is 28.2. The lowest BCUT2D eigenvalue weighted by molar-refractivity contribution is -0.160. The van der Waals surface area contributed by atoms with E-state index >= 15 is 0 Å². The van der Waals surface area contributed by atoms with Crippen LogP contribution in [0.15, 0.2) is 64.9 Å². The molecule has 1 aliphatic heterocycles. The maximum absolute atomic E-state index is 13.2. The van der Waals surface area contributed by atoms with Gasteiger partial charge < -0.3 is 30.4 Å². The standard InChI is InChI=1S/C29H29F2N5O4S/c1-15(17-7-8-21-20-5-3-4-6-23(20)40-24(21)9-17)34-12-26(37)36-13-19(39-29(30)31)11-22(36)28(38)35-16(2)25-10-18(14-41-25)27(32)33/h3-10,14,16,19,22,29,34H,1,11-13H2,2H3,(H3,32,33)(H,35,38)/t16-,19-,22?/m1/s1. The summed E-state index contributed by atoms with van der Waals surface area (Å²) in [6, 6.07) is 13.6. The fraction of sp³-hybridized carbons (Fsp3) is 0.276. The molecule has 2 aromatic carbocycles. The third-order valence-electron chi connectivity index (χ3n) is 7.08. The number of nitrogens with zero attached hydrogens (tertiary/aromatic N) is 1. The van der Waals surface area contributed by atoms with Crippen LogP contribution >= 0.6 is 11.3 Å². The second-order valence-electron chi connectivity index (χ2n) is 9.84. The fourth-order valence-corrected chi connectivity index (χ4v) is 5.88. The molecule has 1 fully saturated rings. The lowest BCUT2D eigenvalue weighted by Crippen LogP contribution is -2.48. The van der Waals surface area contributed by atoms with Crippen molar-refractivity contribution in [2.75, 3.05) is 13.1 Å². The molecule has 0 spiro atoms. The van der Waals surface area contributed by atoms with Crippen molar-refractivity contribution >= 4 is 56.6 Å². The second kappa shape index (κ2) is 11.7. The summed E-state index contributed by atoms with van der Waals surface area (Å²) in [7, 11) is 0. The number of rotatable bonds is 10. The third kappa shape index (κ3) is 6.08. The smallest absolute Gasteiger partial charge is 0.345 e. The average molecular weight is 582 g/mol. The zero-order valence-electron chi connectivity index (χ0n) is 22.2. The van der Waals surface area contributed by atoms with Crippen molar-refractivity contribution in [3.8, 4) is 0 Å². The Bertz CT molecular complexity index is 1630. The molecule has 0 radical (unpaired) electrons. The Morgan fingerprint density at radius 1 is 1.20 bits per heavy atom. The molecule has 0 saturated carbocycles. The van der Waals surface area contributed by atoms with Gasteiger partial charge >= 0.3 is 6.61 Å². The number of ether oxygens (including phenoxy) is 1. The Balaban J connectivity index is 1.25. The number of furan rings is 1. The Morgan fingerprint density at radius 3 is 2.68 bits per heavy atom. The largest absolute Gasteiger partial charge is 0.456 e. The topological polar surface area (TPSA) is 134 Å². The van der Waals surface area contributed by atoms with Crippen LogP contribution in [0.1, 0.15) is 35.4 Å². The van der Waals surface area contributed by atoms with E-state index in [1.165, 1.54) is 16.2 Å². The van der Waals surface area contributed by atoms with Crippen LogP contribution in [-0.4, -0.2) is 54.4 Å². The van der Waals surface area contributed by atoms with Crippen molar-refractivity contribution in [2.24, 2.45) is 5.73 Å². The van der Waals surface area contributed by atoms with Crippen LogP contribution in [0.3, 0.4) is 0 Å². The van der Waals surface area contributed by atoms with Gasteiger partial charge in [-0.1, -0.05) is 30.8 Å². The van der Waals surface area contributed by atoms with Gasteiger partial charge in [0.25, 0.3) is 0 Å². The Hall–Kier alpha value is -4.29. The highest BCUT2D eigenvalue weighted by atomic mass is 32.1. The average Bonchev–Trinajstić information content (AvgIpc) is 3.68. The monoisotopic (exact) mass is 581 g/mol. The number of nitrogens with one attached hydrogen (secondary N) is 3. The summed E-state index contributed by atoms with van der Waals surface area (Å²) in [5.41, 5.74) is 8.69. The van der Waals surface area contributed by atoms with E-state index in [9.17, 15) is 18.4 Å². The molecule has 1 aliphatic rings. The van der Waals surface area contributed by atoms with Gasteiger partial charge in [0.15, 0.2) is 0 Å². The first-order valence-electron chi connectivity index (χ1n) is 12.9. The van der Waals surface area contributed by atoms with E-state index in [1.54, 1.807) is 18.4 Å². The molecular formula is C29H29F2N5O4S. The molecule has 5 N–H and O–H groups in total. The van der Waals surface area contributed by atoms with Crippen molar-refractivity contribution in [3.05, 3.63) is 76.5 Å². The van der Waals surface area contributed by atoms with Crippen LogP contribution in [-0.2, 0) is 14.3 Å². The number of amidine groups is 1. The number of nitrogen functional groups attached to an aromatic ring is 1. The van der Waals surface area contributed by atoms with Crippen LogP contribution in [0.25, 0.3) is 27.6 Å². The number of carbonyl (C=O) groups excluding carboxylic acids is 2. The number of alkyl halides is 2. The quantitative estimate of drug-likeness (QED) is 0.160. The highest BCUT2D eigenvalue weighted by molar-refractivity contribution is 7.10. The molecule has 1 saturated heterocycles. The Morgan fingerprint density at radius 2 is 1.95 bits per heavy atom. The summed E-state index contributed by atoms with van der Waals surface area (Å²) >= 11 is 1.33. The van der Waals surface area contributed by atoms with Crippen LogP contribution in [0.4, 0.5) is 8.78 Å². The van der Waals surface area contributed by atoms with Crippen molar-refractivity contribution in [1.82, 2.24) is 15.5 Å². The van der Waals surface area contributed by atoms with Crippen LogP contribution in [0.2, 0.25) is 0 Å². The third-order valence-corrected chi connectivity index (χ3v) is 8.19. The Kier molecular flexibility index (Phi) is 8.04. The van der Waals surface area contributed by atoms with Crippen molar-refractivity contribution in [2.45, 2.75) is 38.1 Å².